The average Bonchev–Trinajstić information content (AvgIpc) is 2.85. The number of hydrogen-bond acceptors (Lipinski definition) is 5. The smallest absolute Gasteiger partial charge is 0.274 e. The highest BCUT2D eigenvalue weighted by atomic mass is 16.5. The third-order valence-corrected chi connectivity index (χ3v) is 4.97. The van der Waals surface area contributed by atoms with E-state index in [1.807, 2.05) is 25.1 Å². The fourth-order valence-corrected chi connectivity index (χ4v) is 3.12. The molecule has 0 saturated carbocycles. The molecule has 0 spiro atoms. The van der Waals surface area contributed by atoms with Crippen LogP contribution in [0.15, 0.2) is 36.8 Å². The summed E-state index contributed by atoms with van der Waals surface area (Å²) >= 11 is 0. The topological polar surface area (TPSA) is 75.6 Å². The number of benzene rings is 1. The quantitative estimate of drug-likeness (QED) is 0.912. The standard InChI is InChI=1S/C20H25N3O3/c1-15-4-5-17(12-16(15)2)26-14-20(25)6-3-10-23(11-7-20)19(24)18-13-21-8-9-22-18/h4-5,8-9,12-13,25H,3,6-7,10-11,14H2,1-2H3. The number of amides is 1. The molecule has 6 heteroatoms. The summed E-state index contributed by atoms with van der Waals surface area (Å²) in [6.07, 6.45) is 6.33. The van der Waals surface area contributed by atoms with Crippen molar-refractivity contribution in [1.82, 2.24) is 14.9 Å². The minimum absolute atomic E-state index is 0.141. The van der Waals surface area contributed by atoms with Crippen LogP contribution in [0.5, 0.6) is 5.75 Å². The number of aromatic nitrogens is 2. The van der Waals surface area contributed by atoms with E-state index in [-0.39, 0.29) is 12.5 Å². The van der Waals surface area contributed by atoms with Crippen molar-refractivity contribution in [3.05, 3.63) is 53.6 Å². The summed E-state index contributed by atoms with van der Waals surface area (Å²) in [7, 11) is 0. The van der Waals surface area contributed by atoms with Gasteiger partial charge in [0.1, 0.15) is 23.7 Å². The number of nitrogens with zero attached hydrogens (tertiary/aromatic N) is 3. The van der Waals surface area contributed by atoms with E-state index in [2.05, 4.69) is 16.9 Å². The molecular formula is C20H25N3O3. The molecule has 138 valence electrons. The monoisotopic (exact) mass is 355 g/mol. The molecule has 26 heavy (non-hydrogen) atoms. The van der Waals surface area contributed by atoms with Crippen LogP contribution in [0.2, 0.25) is 0 Å². The first-order chi connectivity index (χ1) is 12.5. The molecule has 1 amide bonds. The number of carbonyl (C=O) groups excluding carboxylic acids is 1. The maximum atomic E-state index is 12.5. The Kier molecular flexibility index (Phi) is 5.52. The van der Waals surface area contributed by atoms with Gasteiger partial charge in [-0.15, -0.1) is 0 Å². The number of aliphatic hydroxyl groups is 1. The molecule has 3 rings (SSSR count). The first-order valence-corrected chi connectivity index (χ1v) is 8.95. The fourth-order valence-electron chi connectivity index (χ4n) is 3.12. The molecule has 1 aliphatic rings. The van der Waals surface area contributed by atoms with Crippen LogP contribution in [0.25, 0.3) is 0 Å². The summed E-state index contributed by atoms with van der Waals surface area (Å²) in [5.74, 6) is 0.621. The van der Waals surface area contributed by atoms with E-state index in [4.69, 9.17) is 4.74 Å². The Balaban J connectivity index is 1.59. The lowest BCUT2D eigenvalue weighted by molar-refractivity contribution is -0.0163. The Morgan fingerprint density at radius 1 is 1.23 bits per heavy atom. The molecule has 1 aromatic heterocycles. The SMILES string of the molecule is Cc1ccc(OCC2(O)CCCN(C(=O)c3cnccn3)CC2)cc1C. The van der Waals surface area contributed by atoms with Gasteiger partial charge in [0.15, 0.2) is 0 Å². The van der Waals surface area contributed by atoms with Crippen molar-refractivity contribution in [3.63, 3.8) is 0 Å². The molecule has 6 nitrogen and oxygen atoms in total. The Hall–Kier alpha value is -2.47. The van der Waals surface area contributed by atoms with Gasteiger partial charge in [0.05, 0.1) is 6.20 Å². The molecule has 1 aromatic carbocycles. The van der Waals surface area contributed by atoms with Crippen molar-refractivity contribution in [1.29, 1.82) is 0 Å². The van der Waals surface area contributed by atoms with Crippen LogP contribution in [-0.2, 0) is 0 Å². The summed E-state index contributed by atoms with van der Waals surface area (Å²) in [5, 5.41) is 10.9. The Bertz CT molecular complexity index is 766. The highest BCUT2D eigenvalue weighted by molar-refractivity contribution is 5.91. The van der Waals surface area contributed by atoms with Crippen LogP contribution in [0.1, 0.15) is 40.9 Å². The van der Waals surface area contributed by atoms with E-state index >= 15 is 0 Å². The summed E-state index contributed by atoms with van der Waals surface area (Å²) in [4.78, 5) is 22.3. The average molecular weight is 355 g/mol. The Morgan fingerprint density at radius 2 is 2.08 bits per heavy atom. The van der Waals surface area contributed by atoms with Crippen molar-refractivity contribution in [2.75, 3.05) is 19.7 Å². The van der Waals surface area contributed by atoms with E-state index < -0.39 is 5.60 Å². The summed E-state index contributed by atoms with van der Waals surface area (Å²) in [6, 6.07) is 5.93. The molecule has 0 radical (unpaired) electrons. The third-order valence-electron chi connectivity index (χ3n) is 4.97. The molecule has 1 saturated heterocycles. The van der Waals surface area contributed by atoms with Gasteiger partial charge in [-0.25, -0.2) is 4.98 Å². The van der Waals surface area contributed by atoms with Crippen LogP contribution >= 0.6 is 0 Å². The number of hydrogen-bond donors (Lipinski definition) is 1. The number of carbonyl (C=O) groups is 1. The highest BCUT2D eigenvalue weighted by Gasteiger charge is 2.33. The number of rotatable bonds is 4. The summed E-state index contributed by atoms with van der Waals surface area (Å²) in [6.45, 7) is 5.39. The van der Waals surface area contributed by atoms with E-state index in [9.17, 15) is 9.90 Å². The molecule has 1 aliphatic heterocycles. The third kappa shape index (κ3) is 4.38. The van der Waals surface area contributed by atoms with Crippen LogP contribution in [0.3, 0.4) is 0 Å². The molecule has 0 bridgehead atoms. The Labute approximate surface area is 153 Å². The molecule has 1 unspecified atom stereocenters. The molecule has 1 N–H and O–H groups in total. The lowest BCUT2D eigenvalue weighted by atomic mass is 9.96. The second-order valence-corrected chi connectivity index (χ2v) is 7.00. The molecule has 1 atom stereocenters. The van der Waals surface area contributed by atoms with Gasteiger partial charge in [-0.3, -0.25) is 9.78 Å². The predicted octanol–water partition coefficient (Wildman–Crippen LogP) is 2.53. The second-order valence-electron chi connectivity index (χ2n) is 7.00. The van der Waals surface area contributed by atoms with Gasteiger partial charge in [-0.05, 0) is 56.4 Å². The maximum Gasteiger partial charge on any atom is 0.274 e. The fraction of sp³-hybridized carbons (Fsp3) is 0.450. The zero-order valence-corrected chi connectivity index (χ0v) is 15.3. The number of aryl methyl sites for hydroxylation is 2. The van der Waals surface area contributed by atoms with Crippen molar-refractivity contribution in [3.8, 4) is 5.75 Å². The first kappa shape index (κ1) is 18.3. The summed E-state index contributed by atoms with van der Waals surface area (Å²) < 4.78 is 5.84. The zero-order chi connectivity index (χ0) is 18.6. The lowest BCUT2D eigenvalue weighted by Gasteiger charge is -2.27. The second kappa shape index (κ2) is 7.83. The normalized spacial score (nSPS) is 20.5. The Morgan fingerprint density at radius 3 is 2.81 bits per heavy atom. The minimum Gasteiger partial charge on any atom is -0.491 e. The van der Waals surface area contributed by atoms with Gasteiger partial charge in [0.25, 0.3) is 5.91 Å². The van der Waals surface area contributed by atoms with Gasteiger partial charge in [-0.2, -0.15) is 0 Å². The first-order valence-electron chi connectivity index (χ1n) is 8.95. The van der Waals surface area contributed by atoms with E-state index in [1.165, 1.54) is 18.0 Å². The van der Waals surface area contributed by atoms with Crippen LogP contribution in [0.4, 0.5) is 0 Å². The van der Waals surface area contributed by atoms with E-state index in [0.29, 0.717) is 31.6 Å². The number of ether oxygens (including phenoxy) is 1. The minimum atomic E-state index is -0.934. The zero-order valence-electron chi connectivity index (χ0n) is 15.3. The van der Waals surface area contributed by atoms with Crippen molar-refractivity contribution < 1.29 is 14.6 Å². The van der Waals surface area contributed by atoms with Crippen molar-refractivity contribution in [2.45, 2.75) is 38.7 Å². The van der Waals surface area contributed by atoms with E-state index in [0.717, 1.165) is 17.7 Å². The molecular weight excluding hydrogens is 330 g/mol. The molecule has 0 aliphatic carbocycles. The van der Waals surface area contributed by atoms with Gasteiger partial charge in [0, 0.05) is 25.5 Å². The van der Waals surface area contributed by atoms with Gasteiger partial charge >= 0.3 is 0 Å². The number of likely N-dealkylation sites (tertiary alicyclic amines) is 1. The highest BCUT2D eigenvalue weighted by Crippen LogP contribution is 2.25. The van der Waals surface area contributed by atoms with E-state index in [1.54, 1.807) is 11.1 Å². The molecule has 2 heterocycles. The van der Waals surface area contributed by atoms with Crippen molar-refractivity contribution in [2.24, 2.45) is 0 Å². The maximum absolute atomic E-state index is 12.5. The molecule has 2 aromatic rings. The van der Waals surface area contributed by atoms with Gasteiger partial charge in [-0.1, -0.05) is 6.07 Å². The van der Waals surface area contributed by atoms with Crippen LogP contribution in [0, 0.1) is 13.8 Å². The predicted molar refractivity (Wildman–Crippen MR) is 98.1 cm³/mol. The largest absolute Gasteiger partial charge is 0.491 e. The van der Waals surface area contributed by atoms with Gasteiger partial charge in [0.2, 0.25) is 0 Å². The lowest BCUT2D eigenvalue weighted by Crippen LogP contribution is -2.38. The summed E-state index contributed by atoms with van der Waals surface area (Å²) in [5.41, 5.74) is 1.78. The van der Waals surface area contributed by atoms with Crippen LogP contribution in [-0.4, -0.2) is 51.2 Å². The van der Waals surface area contributed by atoms with Crippen molar-refractivity contribution >= 4 is 5.91 Å². The van der Waals surface area contributed by atoms with Gasteiger partial charge < -0.3 is 14.7 Å². The molecule has 1 fully saturated rings. The van der Waals surface area contributed by atoms with Crippen LogP contribution < -0.4 is 4.74 Å².